The third kappa shape index (κ3) is 3.35. The first-order valence-corrected chi connectivity index (χ1v) is 10.7. The second-order valence-electron chi connectivity index (χ2n) is 7.78. The summed E-state index contributed by atoms with van der Waals surface area (Å²) in [7, 11) is 0. The van der Waals surface area contributed by atoms with E-state index >= 15 is 0 Å². The summed E-state index contributed by atoms with van der Waals surface area (Å²) in [4.78, 5) is 25.7. The van der Waals surface area contributed by atoms with Crippen LogP contribution in [0.4, 0.5) is 5.82 Å². The Morgan fingerprint density at radius 3 is 2.76 bits per heavy atom. The number of aromatic nitrogens is 5. The fraction of sp³-hybridized carbons (Fsp3) is 0.350. The highest BCUT2D eigenvalue weighted by atomic mass is 35.5. The van der Waals surface area contributed by atoms with Crippen LogP contribution in [0.3, 0.4) is 0 Å². The molecular formula is C20H20ClN7S. The molecule has 0 aromatic carbocycles. The number of fused-ring (bicyclic) bond motifs is 2. The maximum Gasteiger partial charge on any atom is 0.194 e. The number of nitrogens with two attached hydrogens (primary N) is 1. The molecule has 2 aliphatic rings. The Bertz CT molecular complexity index is 1150. The Kier molecular flexibility index (Phi) is 4.45. The van der Waals surface area contributed by atoms with Gasteiger partial charge in [-0.05, 0) is 36.7 Å². The van der Waals surface area contributed by atoms with Gasteiger partial charge in [-0.2, -0.15) is 0 Å². The highest BCUT2D eigenvalue weighted by Crippen LogP contribution is 2.44. The number of halogens is 1. The van der Waals surface area contributed by atoms with Crippen molar-refractivity contribution in [2.45, 2.75) is 42.3 Å². The van der Waals surface area contributed by atoms with Crippen LogP contribution in [0.15, 0.2) is 40.3 Å². The molecule has 0 saturated carbocycles. The van der Waals surface area contributed by atoms with E-state index in [-0.39, 0.29) is 5.54 Å². The minimum absolute atomic E-state index is 0.200. The van der Waals surface area contributed by atoms with Crippen LogP contribution in [0.2, 0.25) is 0 Å². The minimum atomic E-state index is -0.200. The summed E-state index contributed by atoms with van der Waals surface area (Å²) in [6.07, 6.45) is 6.75. The molecule has 0 spiro atoms. The predicted octanol–water partition coefficient (Wildman–Crippen LogP) is 3.42. The lowest BCUT2D eigenvalue weighted by Gasteiger charge is -2.46. The molecule has 0 amide bonds. The summed E-state index contributed by atoms with van der Waals surface area (Å²) >= 11 is 8.17. The lowest BCUT2D eigenvalue weighted by molar-refractivity contribution is 0.362. The summed E-state index contributed by atoms with van der Waals surface area (Å²) in [6, 6.07) is 1.96. The van der Waals surface area contributed by atoms with Crippen LogP contribution in [-0.4, -0.2) is 43.5 Å². The number of anilines is 1. The van der Waals surface area contributed by atoms with Crippen LogP contribution in [0.25, 0.3) is 16.2 Å². The van der Waals surface area contributed by atoms with E-state index < -0.39 is 0 Å². The molecule has 3 aromatic heterocycles. The molecule has 5 rings (SSSR count). The van der Waals surface area contributed by atoms with Gasteiger partial charge in [-0.25, -0.2) is 19.9 Å². The largest absolute Gasteiger partial charge is 0.352 e. The fourth-order valence-electron chi connectivity index (χ4n) is 3.81. The van der Waals surface area contributed by atoms with Gasteiger partial charge in [0.2, 0.25) is 0 Å². The molecule has 9 heteroatoms. The Labute approximate surface area is 177 Å². The van der Waals surface area contributed by atoms with E-state index in [9.17, 15) is 0 Å². The van der Waals surface area contributed by atoms with Gasteiger partial charge in [0.1, 0.15) is 11.3 Å². The SMILES string of the molecule is CCC1=C(Cl)c2c(nc(Sc3cnc4nccnc4c3)nc2N2CC(C)(N)C2)C1. The first-order valence-electron chi connectivity index (χ1n) is 9.51. The van der Waals surface area contributed by atoms with Crippen LogP contribution < -0.4 is 10.6 Å². The van der Waals surface area contributed by atoms with Gasteiger partial charge in [-0.15, -0.1) is 0 Å². The van der Waals surface area contributed by atoms with Crippen molar-refractivity contribution in [3.8, 4) is 0 Å². The van der Waals surface area contributed by atoms with Crippen molar-refractivity contribution in [3.63, 3.8) is 0 Å². The monoisotopic (exact) mass is 425 g/mol. The first kappa shape index (κ1) is 18.7. The van der Waals surface area contributed by atoms with Gasteiger partial charge >= 0.3 is 0 Å². The zero-order chi connectivity index (χ0) is 20.2. The molecule has 4 heterocycles. The average molecular weight is 426 g/mol. The number of allylic oxidation sites excluding steroid dienone is 1. The van der Waals surface area contributed by atoms with Crippen LogP contribution in [0.1, 0.15) is 31.5 Å². The molecule has 148 valence electrons. The summed E-state index contributed by atoms with van der Waals surface area (Å²) in [5.74, 6) is 0.877. The third-order valence-electron chi connectivity index (χ3n) is 5.19. The fourth-order valence-corrected chi connectivity index (χ4v) is 4.98. The topological polar surface area (TPSA) is 93.7 Å². The Morgan fingerprint density at radius 2 is 2.00 bits per heavy atom. The summed E-state index contributed by atoms with van der Waals surface area (Å²) in [5.41, 5.74) is 10.6. The molecule has 1 aliphatic carbocycles. The van der Waals surface area contributed by atoms with E-state index in [1.807, 2.05) is 6.07 Å². The number of nitrogens with zero attached hydrogens (tertiary/aromatic N) is 6. The second kappa shape index (κ2) is 6.90. The van der Waals surface area contributed by atoms with Crippen molar-refractivity contribution in [1.29, 1.82) is 0 Å². The molecule has 1 saturated heterocycles. The maximum atomic E-state index is 6.70. The van der Waals surface area contributed by atoms with Crippen molar-refractivity contribution in [1.82, 2.24) is 24.9 Å². The standard InChI is InChI=1S/C20H20ClN7S/c1-3-11-6-13-15(16(11)21)18(28-9-20(2,22)10-28)27-19(26-13)29-12-7-14-17(25-8-12)24-5-4-23-14/h4-5,7-8H,3,6,9-10,22H2,1-2H3. The van der Waals surface area contributed by atoms with Crippen molar-refractivity contribution in [2.75, 3.05) is 18.0 Å². The van der Waals surface area contributed by atoms with Gasteiger partial charge in [-0.3, -0.25) is 4.98 Å². The molecule has 0 atom stereocenters. The second-order valence-corrected chi connectivity index (χ2v) is 9.20. The smallest absolute Gasteiger partial charge is 0.194 e. The van der Waals surface area contributed by atoms with E-state index in [1.165, 1.54) is 17.3 Å². The molecular weight excluding hydrogens is 406 g/mol. The Balaban J connectivity index is 1.53. The molecule has 0 bridgehead atoms. The van der Waals surface area contributed by atoms with Gasteiger partial charge in [0.15, 0.2) is 10.8 Å². The Morgan fingerprint density at radius 1 is 1.21 bits per heavy atom. The molecule has 3 aromatic rings. The van der Waals surface area contributed by atoms with Crippen LogP contribution in [-0.2, 0) is 6.42 Å². The molecule has 7 nitrogen and oxygen atoms in total. The first-order chi connectivity index (χ1) is 13.9. The maximum absolute atomic E-state index is 6.70. The zero-order valence-corrected chi connectivity index (χ0v) is 17.8. The van der Waals surface area contributed by atoms with Crippen LogP contribution in [0.5, 0.6) is 0 Å². The van der Waals surface area contributed by atoms with Crippen molar-refractivity contribution < 1.29 is 0 Å². The van der Waals surface area contributed by atoms with E-state index in [2.05, 4.69) is 33.7 Å². The highest BCUT2D eigenvalue weighted by Gasteiger charge is 2.39. The number of hydrogen-bond acceptors (Lipinski definition) is 8. The molecule has 0 unspecified atom stereocenters. The average Bonchev–Trinajstić information content (AvgIpc) is 3.01. The lowest BCUT2D eigenvalue weighted by Crippen LogP contribution is -2.66. The third-order valence-corrected chi connectivity index (χ3v) is 6.47. The molecule has 1 aliphatic heterocycles. The lowest BCUT2D eigenvalue weighted by atomic mass is 9.93. The quantitative estimate of drug-likeness (QED) is 0.635. The molecule has 0 radical (unpaired) electrons. The normalized spacial score (nSPS) is 17.6. The van der Waals surface area contributed by atoms with E-state index in [4.69, 9.17) is 27.3 Å². The van der Waals surface area contributed by atoms with Crippen LogP contribution in [0, 0.1) is 0 Å². The van der Waals surface area contributed by atoms with Crippen LogP contribution >= 0.6 is 23.4 Å². The van der Waals surface area contributed by atoms with Crippen molar-refractivity contribution >= 4 is 45.4 Å². The van der Waals surface area contributed by atoms with E-state index in [0.29, 0.717) is 10.8 Å². The van der Waals surface area contributed by atoms with Gasteiger partial charge < -0.3 is 10.6 Å². The summed E-state index contributed by atoms with van der Waals surface area (Å²) in [5, 5.41) is 1.47. The number of pyridine rings is 1. The summed E-state index contributed by atoms with van der Waals surface area (Å²) in [6.45, 7) is 5.67. The number of hydrogen-bond donors (Lipinski definition) is 1. The van der Waals surface area contributed by atoms with E-state index in [1.54, 1.807) is 18.6 Å². The molecule has 1 fully saturated rings. The molecule has 2 N–H and O–H groups in total. The van der Waals surface area contributed by atoms with Crippen molar-refractivity contribution in [3.05, 3.63) is 41.5 Å². The number of rotatable bonds is 4. The van der Waals surface area contributed by atoms with Crippen molar-refractivity contribution in [2.24, 2.45) is 5.73 Å². The Hall–Kier alpha value is -2.29. The zero-order valence-electron chi connectivity index (χ0n) is 16.2. The minimum Gasteiger partial charge on any atom is -0.352 e. The van der Waals surface area contributed by atoms with Gasteiger partial charge in [0, 0.05) is 48.5 Å². The van der Waals surface area contributed by atoms with E-state index in [0.717, 1.165) is 58.5 Å². The predicted molar refractivity (Wildman–Crippen MR) is 115 cm³/mol. The summed E-state index contributed by atoms with van der Waals surface area (Å²) < 4.78 is 0. The van der Waals surface area contributed by atoms with Gasteiger partial charge in [0.25, 0.3) is 0 Å². The molecule has 29 heavy (non-hydrogen) atoms. The highest BCUT2D eigenvalue weighted by molar-refractivity contribution is 7.99. The van der Waals surface area contributed by atoms with Gasteiger partial charge in [0.05, 0.1) is 16.3 Å². The van der Waals surface area contributed by atoms with Gasteiger partial charge in [-0.1, -0.05) is 18.5 Å².